The maximum absolute atomic E-state index is 6.83. The summed E-state index contributed by atoms with van der Waals surface area (Å²) in [7, 11) is 0. The average Bonchev–Trinajstić information content (AvgIpc) is 4.00. The van der Waals surface area contributed by atoms with Crippen LogP contribution >= 0.6 is 0 Å². The van der Waals surface area contributed by atoms with Crippen LogP contribution in [0.4, 0.5) is 34.1 Å². The lowest BCUT2D eigenvalue weighted by Crippen LogP contribution is -2.12. The molecule has 0 spiro atoms. The predicted molar refractivity (Wildman–Crippen MR) is 284 cm³/mol. The monoisotopic (exact) mass is 884 g/mol. The standard InChI is InChI=1S/C64H40N2O3/c1-3-14-43(15-4-1)65(44-16-5-2-6-17-44)47-36-38-60-56(40-47)52-22-13-25-55-57(37-39-61(67-60)62(52)55)66(45-32-28-41(29-33-45)48-20-11-23-53-50-18-7-9-26-58(50)68-63(48)53)46-34-30-42(31-35-46)49-21-12-24-54-51-19-8-10-27-59(51)69-64(49)54/h1-40H. The Balaban J connectivity index is 0.917. The number of para-hydroxylation sites is 6. The maximum atomic E-state index is 6.83. The van der Waals surface area contributed by atoms with Crippen LogP contribution in [0.3, 0.4) is 0 Å². The third kappa shape index (κ3) is 6.32. The summed E-state index contributed by atoms with van der Waals surface area (Å²) in [6.45, 7) is 0. The van der Waals surface area contributed by atoms with E-state index in [9.17, 15) is 0 Å². The molecule has 0 bridgehead atoms. The molecule has 0 saturated carbocycles. The Labute approximate surface area is 397 Å². The predicted octanol–water partition coefficient (Wildman–Crippen LogP) is 18.7. The largest absolute Gasteiger partial charge is 0.456 e. The van der Waals surface area contributed by atoms with Gasteiger partial charge in [-0.2, -0.15) is 0 Å². The molecule has 0 unspecified atom stereocenters. The summed E-state index contributed by atoms with van der Waals surface area (Å²) in [6, 6.07) is 85.5. The molecule has 11 aromatic carbocycles. The molecule has 69 heavy (non-hydrogen) atoms. The molecule has 14 rings (SSSR count). The molecule has 0 N–H and O–H groups in total. The highest BCUT2D eigenvalue weighted by molar-refractivity contribution is 6.13. The second kappa shape index (κ2) is 15.7. The van der Waals surface area contributed by atoms with E-state index in [0.717, 1.165) is 134 Å². The van der Waals surface area contributed by atoms with Crippen molar-refractivity contribution in [1.82, 2.24) is 0 Å². The van der Waals surface area contributed by atoms with E-state index in [4.69, 9.17) is 13.6 Å². The summed E-state index contributed by atoms with van der Waals surface area (Å²) in [5, 5.41) is 6.60. The van der Waals surface area contributed by atoms with E-state index >= 15 is 0 Å². The molecule has 324 valence electrons. The Morgan fingerprint density at radius 1 is 0.275 bits per heavy atom. The minimum Gasteiger partial charge on any atom is -0.456 e. The Bertz CT molecular complexity index is 3900. The fraction of sp³-hybridized carbons (Fsp3) is 0. The molecule has 3 heterocycles. The first kappa shape index (κ1) is 38.9. The minimum atomic E-state index is 0.828. The van der Waals surface area contributed by atoms with Crippen molar-refractivity contribution in [2.24, 2.45) is 0 Å². The zero-order chi connectivity index (χ0) is 45.4. The topological polar surface area (TPSA) is 42.0 Å². The lowest BCUT2D eigenvalue weighted by Gasteiger charge is -2.30. The van der Waals surface area contributed by atoms with Crippen LogP contribution in [-0.4, -0.2) is 0 Å². The third-order valence-electron chi connectivity index (χ3n) is 13.7. The van der Waals surface area contributed by atoms with Gasteiger partial charge in [-0.1, -0.05) is 152 Å². The van der Waals surface area contributed by atoms with Crippen LogP contribution in [-0.2, 0) is 0 Å². The van der Waals surface area contributed by atoms with Gasteiger partial charge in [-0.3, -0.25) is 0 Å². The summed E-state index contributed by atoms with van der Waals surface area (Å²) >= 11 is 0. The van der Waals surface area contributed by atoms with E-state index in [2.05, 4.69) is 228 Å². The van der Waals surface area contributed by atoms with E-state index in [1.807, 2.05) is 24.3 Å². The fourth-order valence-corrected chi connectivity index (χ4v) is 10.5. The zero-order valence-electron chi connectivity index (χ0n) is 37.2. The molecule has 0 fully saturated rings. The molecule has 0 aliphatic carbocycles. The highest BCUT2D eigenvalue weighted by atomic mass is 16.5. The first-order chi connectivity index (χ1) is 34.2. The smallest absolute Gasteiger partial charge is 0.143 e. The van der Waals surface area contributed by atoms with E-state index in [1.54, 1.807) is 0 Å². The van der Waals surface area contributed by atoms with Crippen molar-refractivity contribution < 1.29 is 13.6 Å². The molecule has 0 amide bonds. The second-order valence-corrected chi connectivity index (χ2v) is 17.6. The highest BCUT2D eigenvalue weighted by Crippen LogP contribution is 2.52. The van der Waals surface area contributed by atoms with Crippen LogP contribution in [0.25, 0.3) is 88.0 Å². The van der Waals surface area contributed by atoms with Gasteiger partial charge in [0, 0.05) is 77.4 Å². The SMILES string of the molecule is c1ccc(N(c2ccccc2)c2ccc3c(c2)-c2cccc4c(N(c5ccc(-c6cccc7c6oc6ccccc67)cc5)c5ccc(-c6cccc7c6oc6ccccc67)cc5)ccc(c24)O3)cc1. The van der Waals surface area contributed by atoms with Crippen LogP contribution in [0.5, 0.6) is 11.5 Å². The molecule has 0 atom stereocenters. The molecule has 5 nitrogen and oxygen atoms in total. The van der Waals surface area contributed by atoms with Crippen LogP contribution in [0.2, 0.25) is 0 Å². The Kier molecular flexibility index (Phi) is 8.83. The van der Waals surface area contributed by atoms with Crippen LogP contribution in [0.15, 0.2) is 251 Å². The Morgan fingerprint density at radius 2 is 0.725 bits per heavy atom. The van der Waals surface area contributed by atoms with E-state index in [1.165, 1.54) is 0 Å². The van der Waals surface area contributed by atoms with Gasteiger partial charge < -0.3 is 23.4 Å². The van der Waals surface area contributed by atoms with Gasteiger partial charge in [0.2, 0.25) is 0 Å². The summed E-state index contributed by atoms with van der Waals surface area (Å²) in [4.78, 5) is 4.66. The normalized spacial score (nSPS) is 11.9. The summed E-state index contributed by atoms with van der Waals surface area (Å²) < 4.78 is 19.8. The van der Waals surface area contributed by atoms with Crippen LogP contribution in [0.1, 0.15) is 0 Å². The lowest BCUT2D eigenvalue weighted by molar-refractivity contribution is 0.487. The molecule has 0 radical (unpaired) electrons. The summed E-state index contributed by atoms with van der Waals surface area (Å²) in [6.07, 6.45) is 0. The fourth-order valence-electron chi connectivity index (χ4n) is 10.5. The van der Waals surface area contributed by atoms with Crippen molar-refractivity contribution in [2.75, 3.05) is 9.80 Å². The van der Waals surface area contributed by atoms with Crippen molar-refractivity contribution in [2.45, 2.75) is 0 Å². The first-order valence-corrected chi connectivity index (χ1v) is 23.3. The minimum absolute atomic E-state index is 0.828. The van der Waals surface area contributed by atoms with Crippen molar-refractivity contribution in [3.8, 4) is 44.9 Å². The summed E-state index contributed by atoms with van der Waals surface area (Å²) in [5.74, 6) is 1.66. The zero-order valence-corrected chi connectivity index (χ0v) is 37.2. The number of hydrogen-bond acceptors (Lipinski definition) is 5. The Hall–Kier alpha value is -9.32. The third-order valence-corrected chi connectivity index (χ3v) is 13.7. The molecular formula is C64H40N2O3. The van der Waals surface area contributed by atoms with Gasteiger partial charge in [0.25, 0.3) is 0 Å². The molecule has 1 aliphatic heterocycles. The summed E-state index contributed by atoms with van der Waals surface area (Å²) in [5.41, 5.74) is 16.3. The van der Waals surface area contributed by atoms with Gasteiger partial charge in [0.1, 0.15) is 33.8 Å². The molecule has 13 aromatic rings. The van der Waals surface area contributed by atoms with Crippen molar-refractivity contribution >= 4 is 88.8 Å². The van der Waals surface area contributed by atoms with Crippen molar-refractivity contribution in [1.29, 1.82) is 0 Å². The Morgan fingerprint density at radius 3 is 1.29 bits per heavy atom. The van der Waals surface area contributed by atoms with Gasteiger partial charge in [-0.15, -0.1) is 0 Å². The number of nitrogens with zero attached hydrogens (tertiary/aromatic N) is 2. The number of ether oxygens (including phenoxy) is 1. The van der Waals surface area contributed by atoms with Crippen molar-refractivity contribution in [3.63, 3.8) is 0 Å². The van der Waals surface area contributed by atoms with Crippen LogP contribution < -0.4 is 14.5 Å². The number of fused-ring (bicyclic) bond motifs is 8. The second-order valence-electron chi connectivity index (χ2n) is 17.6. The van der Waals surface area contributed by atoms with Gasteiger partial charge in [0.15, 0.2) is 0 Å². The highest BCUT2D eigenvalue weighted by Gasteiger charge is 2.26. The quantitative estimate of drug-likeness (QED) is 0.152. The molecule has 2 aromatic heterocycles. The van der Waals surface area contributed by atoms with Gasteiger partial charge in [0.05, 0.1) is 5.69 Å². The number of anilines is 6. The van der Waals surface area contributed by atoms with E-state index < -0.39 is 0 Å². The molecule has 1 aliphatic rings. The number of furan rings is 2. The maximum Gasteiger partial charge on any atom is 0.143 e. The first-order valence-electron chi connectivity index (χ1n) is 23.3. The number of hydrogen-bond donors (Lipinski definition) is 0. The average molecular weight is 885 g/mol. The number of rotatable bonds is 8. The lowest BCUT2D eigenvalue weighted by atomic mass is 9.93. The van der Waals surface area contributed by atoms with Crippen molar-refractivity contribution in [3.05, 3.63) is 243 Å². The molecular weight excluding hydrogens is 845 g/mol. The molecule has 5 heteroatoms. The molecule has 0 saturated heterocycles. The number of benzene rings is 11. The van der Waals surface area contributed by atoms with Gasteiger partial charge >= 0.3 is 0 Å². The van der Waals surface area contributed by atoms with E-state index in [-0.39, 0.29) is 0 Å². The van der Waals surface area contributed by atoms with E-state index in [0.29, 0.717) is 0 Å². The van der Waals surface area contributed by atoms with Crippen LogP contribution in [0, 0.1) is 0 Å². The van der Waals surface area contributed by atoms with Gasteiger partial charge in [-0.25, -0.2) is 0 Å². The van der Waals surface area contributed by atoms with Gasteiger partial charge in [-0.05, 0) is 108 Å².